The highest BCUT2D eigenvalue weighted by molar-refractivity contribution is 6.17. The number of likely N-dealkylation sites (tertiary alicyclic amines) is 1. The second-order valence-electron chi connectivity index (χ2n) is 6.77. The molecule has 1 heterocycles. The molecule has 0 radical (unpaired) electrons. The number of nitrogens with zero attached hydrogens (tertiary/aromatic N) is 1. The Morgan fingerprint density at radius 2 is 2.11 bits per heavy atom. The van der Waals surface area contributed by atoms with Crippen LogP contribution in [0.5, 0.6) is 0 Å². The molecule has 1 fully saturated rings. The first-order valence-electron chi connectivity index (χ1n) is 9.44. The maximum atomic E-state index is 12.2. The van der Waals surface area contributed by atoms with Gasteiger partial charge in [0.25, 0.3) is 0 Å². The number of methoxy groups -OCH3 is 1. The number of ether oxygens (including phenoxy) is 1. The van der Waals surface area contributed by atoms with Crippen molar-refractivity contribution in [1.82, 2.24) is 4.90 Å². The number of amides is 1. The lowest BCUT2D eigenvalue weighted by Crippen LogP contribution is -2.33. The van der Waals surface area contributed by atoms with Crippen LogP contribution in [0.2, 0.25) is 0 Å². The van der Waals surface area contributed by atoms with Gasteiger partial charge in [-0.15, -0.1) is 11.6 Å². The Kier molecular flexibility index (Phi) is 8.82. The van der Waals surface area contributed by atoms with Gasteiger partial charge in [0.15, 0.2) is 0 Å². The summed E-state index contributed by atoms with van der Waals surface area (Å²) in [4.78, 5) is 25.5. The van der Waals surface area contributed by atoms with Gasteiger partial charge in [0.2, 0.25) is 5.91 Å². The minimum Gasteiger partial charge on any atom is -0.465 e. The summed E-state index contributed by atoms with van der Waals surface area (Å²) in [5.74, 6) is 0.403. The van der Waals surface area contributed by atoms with Crippen LogP contribution in [-0.2, 0) is 16.0 Å². The molecule has 1 saturated heterocycles. The smallest absolute Gasteiger partial charge is 0.337 e. The van der Waals surface area contributed by atoms with E-state index in [2.05, 4.69) is 0 Å². The molecule has 6 heteroatoms. The van der Waals surface area contributed by atoms with E-state index in [0.29, 0.717) is 30.8 Å². The first-order chi connectivity index (χ1) is 13.0. The Bertz CT molecular complexity index is 644. The highest BCUT2D eigenvalue weighted by Gasteiger charge is 2.28. The minimum absolute atomic E-state index is 0.0366. The molecule has 5 nitrogen and oxygen atoms in total. The van der Waals surface area contributed by atoms with Crippen molar-refractivity contribution < 1.29 is 19.4 Å². The van der Waals surface area contributed by atoms with Crippen molar-refractivity contribution >= 4 is 23.5 Å². The largest absolute Gasteiger partial charge is 0.465 e. The third kappa shape index (κ3) is 6.67. The number of benzene rings is 1. The number of aliphatic hydroxyl groups excluding tert-OH is 1. The standard InChI is InChI=1S/C21H28ClNO4/c1-27-21(26)17-7-5-16(6-8-17)13-15-23-18(10-12-20(23)25)9-11-19(24)4-2-3-14-22/h5-9,11,18-19,24H,2-4,10,12-15H2,1H3/b11-9+/t18-,19-/m0/s1. The van der Waals surface area contributed by atoms with Crippen LogP contribution in [0.4, 0.5) is 0 Å². The van der Waals surface area contributed by atoms with E-state index in [4.69, 9.17) is 16.3 Å². The van der Waals surface area contributed by atoms with Crippen LogP contribution in [0.25, 0.3) is 0 Å². The molecule has 0 bridgehead atoms. The van der Waals surface area contributed by atoms with E-state index >= 15 is 0 Å². The summed E-state index contributed by atoms with van der Waals surface area (Å²) in [7, 11) is 1.36. The maximum Gasteiger partial charge on any atom is 0.337 e. The van der Waals surface area contributed by atoms with E-state index < -0.39 is 6.10 Å². The molecular weight excluding hydrogens is 366 g/mol. The number of carbonyl (C=O) groups excluding carboxylic acids is 2. The summed E-state index contributed by atoms with van der Waals surface area (Å²) in [6.45, 7) is 0.619. The molecule has 2 atom stereocenters. The van der Waals surface area contributed by atoms with Gasteiger partial charge in [-0.05, 0) is 49.8 Å². The first kappa shape index (κ1) is 21.5. The number of unbranched alkanes of at least 4 members (excludes halogenated alkanes) is 1. The molecule has 1 amide bonds. The molecule has 2 rings (SSSR count). The van der Waals surface area contributed by atoms with Gasteiger partial charge in [0.05, 0.1) is 24.8 Å². The fraction of sp³-hybridized carbons (Fsp3) is 0.524. The zero-order chi connectivity index (χ0) is 19.6. The van der Waals surface area contributed by atoms with Gasteiger partial charge >= 0.3 is 5.97 Å². The lowest BCUT2D eigenvalue weighted by atomic mass is 10.1. The monoisotopic (exact) mass is 393 g/mol. The second kappa shape index (κ2) is 11.1. The molecule has 1 aliphatic heterocycles. The molecule has 0 saturated carbocycles. The van der Waals surface area contributed by atoms with Crippen molar-refractivity contribution in [1.29, 1.82) is 0 Å². The maximum absolute atomic E-state index is 12.2. The Hall–Kier alpha value is -1.85. The fourth-order valence-corrected chi connectivity index (χ4v) is 3.41. The van der Waals surface area contributed by atoms with Crippen LogP contribution < -0.4 is 0 Å². The van der Waals surface area contributed by atoms with Gasteiger partial charge in [0, 0.05) is 18.8 Å². The molecule has 148 valence electrons. The molecule has 0 aliphatic carbocycles. The zero-order valence-corrected chi connectivity index (χ0v) is 16.5. The molecule has 1 N–H and O–H groups in total. The van der Waals surface area contributed by atoms with Crippen molar-refractivity contribution in [3.05, 3.63) is 47.5 Å². The summed E-state index contributed by atoms with van der Waals surface area (Å²) >= 11 is 5.65. The SMILES string of the molecule is COC(=O)c1ccc(CCN2C(=O)CC[C@@H]2/C=C/[C@@H](O)CCCCCl)cc1. The highest BCUT2D eigenvalue weighted by atomic mass is 35.5. The third-order valence-electron chi connectivity index (χ3n) is 4.83. The van der Waals surface area contributed by atoms with E-state index in [9.17, 15) is 14.7 Å². The van der Waals surface area contributed by atoms with Crippen molar-refractivity contribution in [2.75, 3.05) is 19.5 Å². The van der Waals surface area contributed by atoms with E-state index in [1.54, 1.807) is 18.2 Å². The van der Waals surface area contributed by atoms with Gasteiger partial charge in [-0.3, -0.25) is 4.79 Å². The van der Waals surface area contributed by atoms with Crippen LogP contribution in [0.15, 0.2) is 36.4 Å². The van der Waals surface area contributed by atoms with Crippen molar-refractivity contribution in [3.8, 4) is 0 Å². The molecule has 0 aromatic heterocycles. The third-order valence-corrected chi connectivity index (χ3v) is 5.10. The molecule has 0 spiro atoms. The van der Waals surface area contributed by atoms with Gasteiger partial charge in [-0.25, -0.2) is 4.79 Å². The Balaban J connectivity index is 1.87. The number of halogens is 1. The predicted octanol–water partition coefficient (Wildman–Crippen LogP) is 3.33. The topological polar surface area (TPSA) is 66.8 Å². The molecular formula is C21H28ClNO4. The van der Waals surface area contributed by atoms with Crippen molar-refractivity contribution in [3.63, 3.8) is 0 Å². The van der Waals surface area contributed by atoms with Gasteiger partial charge in [-0.2, -0.15) is 0 Å². The van der Waals surface area contributed by atoms with Gasteiger partial charge < -0.3 is 14.7 Å². The molecule has 1 aliphatic rings. The van der Waals surface area contributed by atoms with Crippen LogP contribution in [0.1, 0.15) is 48.0 Å². The van der Waals surface area contributed by atoms with Crippen LogP contribution in [-0.4, -0.2) is 53.6 Å². The summed E-state index contributed by atoms with van der Waals surface area (Å²) in [6.07, 6.45) is 7.79. The summed E-state index contributed by atoms with van der Waals surface area (Å²) in [6, 6.07) is 7.29. The summed E-state index contributed by atoms with van der Waals surface area (Å²) in [5, 5.41) is 10.0. The predicted molar refractivity (Wildman–Crippen MR) is 106 cm³/mol. The number of rotatable bonds is 10. The minimum atomic E-state index is -0.489. The Morgan fingerprint density at radius 1 is 1.37 bits per heavy atom. The van der Waals surface area contributed by atoms with E-state index in [1.807, 2.05) is 23.1 Å². The lowest BCUT2D eigenvalue weighted by molar-refractivity contribution is -0.128. The van der Waals surface area contributed by atoms with Crippen LogP contribution in [0, 0.1) is 0 Å². The number of aliphatic hydroxyl groups is 1. The van der Waals surface area contributed by atoms with E-state index in [1.165, 1.54) is 7.11 Å². The van der Waals surface area contributed by atoms with Gasteiger partial charge in [0.1, 0.15) is 0 Å². The molecule has 1 aromatic carbocycles. The summed E-state index contributed by atoms with van der Waals surface area (Å²) in [5.41, 5.74) is 1.58. The van der Waals surface area contributed by atoms with Gasteiger partial charge in [-0.1, -0.05) is 24.3 Å². The van der Waals surface area contributed by atoms with E-state index in [0.717, 1.165) is 31.2 Å². The normalized spacial score (nSPS) is 18.3. The average Bonchev–Trinajstić information content (AvgIpc) is 3.04. The van der Waals surface area contributed by atoms with Crippen molar-refractivity contribution in [2.45, 2.75) is 50.7 Å². The number of alkyl halides is 1. The first-order valence-corrected chi connectivity index (χ1v) is 9.97. The summed E-state index contributed by atoms with van der Waals surface area (Å²) < 4.78 is 4.70. The molecule has 27 heavy (non-hydrogen) atoms. The average molecular weight is 394 g/mol. The lowest BCUT2D eigenvalue weighted by Gasteiger charge is -2.23. The second-order valence-corrected chi connectivity index (χ2v) is 7.15. The molecule has 1 aromatic rings. The highest BCUT2D eigenvalue weighted by Crippen LogP contribution is 2.21. The molecule has 0 unspecified atom stereocenters. The van der Waals surface area contributed by atoms with Crippen LogP contribution >= 0.6 is 11.6 Å². The van der Waals surface area contributed by atoms with Crippen molar-refractivity contribution in [2.24, 2.45) is 0 Å². The fourth-order valence-electron chi connectivity index (χ4n) is 3.22. The number of carbonyl (C=O) groups is 2. The number of esters is 1. The zero-order valence-electron chi connectivity index (χ0n) is 15.8. The van der Waals surface area contributed by atoms with E-state index in [-0.39, 0.29) is 17.9 Å². The Morgan fingerprint density at radius 3 is 2.78 bits per heavy atom. The van der Waals surface area contributed by atoms with Crippen LogP contribution in [0.3, 0.4) is 0 Å². The number of hydrogen-bond donors (Lipinski definition) is 1. The Labute approximate surface area is 166 Å². The number of hydrogen-bond acceptors (Lipinski definition) is 4. The quantitative estimate of drug-likeness (QED) is 0.286.